The maximum absolute atomic E-state index is 13.4. The Morgan fingerprint density at radius 1 is 1.29 bits per heavy atom. The predicted molar refractivity (Wildman–Crippen MR) is 113 cm³/mol. The van der Waals surface area contributed by atoms with Gasteiger partial charge in [0, 0.05) is 23.4 Å². The van der Waals surface area contributed by atoms with E-state index in [2.05, 4.69) is 55.8 Å². The number of thiazole rings is 1. The third-order valence-corrected chi connectivity index (χ3v) is 4.50. The molecule has 2 rings (SSSR count). The normalized spacial score (nSPS) is 11.3. The zero-order valence-electron chi connectivity index (χ0n) is 13.8. The van der Waals surface area contributed by atoms with E-state index in [0.29, 0.717) is 25.0 Å². The molecule has 1 aromatic heterocycles. The number of benzene rings is 1. The quantitative estimate of drug-likeness (QED) is 0.338. The van der Waals surface area contributed by atoms with E-state index in [1.54, 1.807) is 18.4 Å². The van der Waals surface area contributed by atoms with Crippen molar-refractivity contribution < 1.29 is 4.39 Å². The molecule has 0 saturated carbocycles. The van der Waals surface area contributed by atoms with Crippen LogP contribution in [0.4, 0.5) is 4.39 Å². The first kappa shape index (κ1) is 21.3. The molecule has 1 aromatic carbocycles. The molecule has 8 heteroatoms. The van der Waals surface area contributed by atoms with Crippen molar-refractivity contribution in [2.75, 3.05) is 7.05 Å². The Hall–Kier alpha value is -0.740. The maximum atomic E-state index is 13.4. The molecule has 0 unspecified atom stereocenters. The fourth-order valence-corrected chi connectivity index (χ4v) is 3.36. The van der Waals surface area contributed by atoms with Crippen LogP contribution in [-0.2, 0) is 13.1 Å². The smallest absolute Gasteiger partial charge is 0.191 e. The Morgan fingerprint density at radius 3 is 2.58 bits per heavy atom. The van der Waals surface area contributed by atoms with Crippen LogP contribution in [-0.4, -0.2) is 18.0 Å². The van der Waals surface area contributed by atoms with E-state index in [4.69, 9.17) is 0 Å². The van der Waals surface area contributed by atoms with Crippen LogP contribution in [0.1, 0.15) is 36.0 Å². The van der Waals surface area contributed by atoms with Crippen molar-refractivity contribution in [3.63, 3.8) is 0 Å². The summed E-state index contributed by atoms with van der Waals surface area (Å²) in [6.07, 6.45) is 0. The SMILES string of the molecule is CN=C(NCc1cc(F)cc(Br)c1)NCc1nc(C(C)C)cs1.I. The summed E-state index contributed by atoms with van der Waals surface area (Å²) in [4.78, 5) is 8.75. The van der Waals surface area contributed by atoms with Gasteiger partial charge in [0.25, 0.3) is 0 Å². The zero-order chi connectivity index (χ0) is 16.8. The minimum Gasteiger partial charge on any atom is -0.352 e. The molecule has 0 amide bonds. The number of guanidine groups is 1. The summed E-state index contributed by atoms with van der Waals surface area (Å²) in [5.41, 5.74) is 1.95. The molecular weight excluding hydrogens is 506 g/mol. The van der Waals surface area contributed by atoms with E-state index >= 15 is 0 Å². The summed E-state index contributed by atoms with van der Waals surface area (Å²) in [6.45, 7) is 5.36. The van der Waals surface area contributed by atoms with Crippen molar-refractivity contribution in [1.29, 1.82) is 0 Å². The van der Waals surface area contributed by atoms with Crippen molar-refractivity contribution >= 4 is 57.2 Å². The summed E-state index contributed by atoms with van der Waals surface area (Å²) in [7, 11) is 1.71. The maximum Gasteiger partial charge on any atom is 0.191 e. The average Bonchev–Trinajstić information content (AvgIpc) is 2.95. The summed E-state index contributed by atoms with van der Waals surface area (Å²) >= 11 is 4.93. The molecular formula is C16H21BrFIN4S. The van der Waals surface area contributed by atoms with E-state index in [9.17, 15) is 4.39 Å². The summed E-state index contributed by atoms with van der Waals surface area (Å²) in [6, 6.07) is 4.81. The van der Waals surface area contributed by atoms with Gasteiger partial charge in [-0.1, -0.05) is 29.8 Å². The van der Waals surface area contributed by atoms with Crippen molar-refractivity contribution in [2.24, 2.45) is 4.99 Å². The molecule has 24 heavy (non-hydrogen) atoms. The predicted octanol–water partition coefficient (Wildman–Crippen LogP) is 4.65. The van der Waals surface area contributed by atoms with Gasteiger partial charge in [0.05, 0.1) is 12.2 Å². The number of rotatable bonds is 5. The van der Waals surface area contributed by atoms with E-state index in [1.807, 2.05) is 6.07 Å². The molecule has 0 spiro atoms. The molecule has 0 bridgehead atoms. The number of hydrogen-bond donors (Lipinski definition) is 2. The van der Waals surface area contributed by atoms with Gasteiger partial charge in [0.15, 0.2) is 5.96 Å². The molecule has 1 heterocycles. The average molecular weight is 527 g/mol. The number of aliphatic imine (C=N–C) groups is 1. The van der Waals surface area contributed by atoms with E-state index in [0.717, 1.165) is 20.7 Å². The van der Waals surface area contributed by atoms with Gasteiger partial charge in [-0.3, -0.25) is 4.99 Å². The standard InChI is InChI=1S/C16H20BrFN4S.HI/c1-10(2)14-9-23-15(22-14)8-21-16(19-3)20-7-11-4-12(17)6-13(18)5-11;/h4-6,9-10H,7-8H2,1-3H3,(H2,19,20,21);1H. The largest absolute Gasteiger partial charge is 0.352 e. The van der Waals surface area contributed by atoms with Crippen molar-refractivity contribution in [3.8, 4) is 0 Å². The molecule has 2 N–H and O–H groups in total. The molecule has 0 atom stereocenters. The molecule has 0 radical (unpaired) electrons. The van der Waals surface area contributed by atoms with Crippen LogP contribution in [0, 0.1) is 5.82 Å². The van der Waals surface area contributed by atoms with Gasteiger partial charge >= 0.3 is 0 Å². The number of halogens is 3. The second-order valence-electron chi connectivity index (χ2n) is 5.38. The van der Waals surface area contributed by atoms with E-state index in [-0.39, 0.29) is 29.8 Å². The first-order chi connectivity index (χ1) is 11.0. The van der Waals surface area contributed by atoms with Gasteiger partial charge < -0.3 is 10.6 Å². The highest BCUT2D eigenvalue weighted by Crippen LogP contribution is 2.17. The number of hydrogen-bond acceptors (Lipinski definition) is 3. The van der Waals surface area contributed by atoms with Crippen LogP contribution >= 0.6 is 51.2 Å². The van der Waals surface area contributed by atoms with Crippen LogP contribution in [0.5, 0.6) is 0 Å². The van der Waals surface area contributed by atoms with Gasteiger partial charge in [-0.05, 0) is 29.7 Å². The van der Waals surface area contributed by atoms with Crippen LogP contribution in [0.2, 0.25) is 0 Å². The third-order valence-electron chi connectivity index (χ3n) is 3.17. The second-order valence-corrected chi connectivity index (χ2v) is 7.24. The fourth-order valence-electron chi connectivity index (χ4n) is 1.95. The molecule has 0 fully saturated rings. The Balaban J connectivity index is 0.00000288. The lowest BCUT2D eigenvalue weighted by atomic mass is 10.2. The van der Waals surface area contributed by atoms with Gasteiger partial charge in [-0.2, -0.15) is 0 Å². The van der Waals surface area contributed by atoms with Crippen LogP contribution < -0.4 is 10.6 Å². The highest BCUT2D eigenvalue weighted by Gasteiger charge is 2.06. The van der Waals surface area contributed by atoms with Crippen molar-refractivity contribution in [2.45, 2.75) is 32.9 Å². The topological polar surface area (TPSA) is 49.3 Å². The van der Waals surface area contributed by atoms with Crippen LogP contribution in [0.15, 0.2) is 33.0 Å². The molecule has 0 aliphatic heterocycles. The molecule has 0 aliphatic carbocycles. The Morgan fingerprint density at radius 2 is 2.00 bits per heavy atom. The van der Waals surface area contributed by atoms with Gasteiger partial charge in [-0.15, -0.1) is 35.3 Å². The summed E-state index contributed by atoms with van der Waals surface area (Å²) in [5, 5.41) is 9.49. The number of nitrogens with one attached hydrogen (secondary N) is 2. The first-order valence-corrected chi connectivity index (χ1v) is 8.99. The minimum atomic E-state index is -0.261. The van der Waals surface area contributed by atoms with Crippen molar-refractivity contribution in [1.82, 2.24) is 15.6 Å². The molecule has 0 aliphatic rings. The molecule has 0 saturated heterocycles. The van der Waals surface area contributed by atoms with Gasteiger partial charge in [0.2, 0.25) is 0 Å². The molecule has 2 aromatic rings. The first-order valence-electron chi connectivity index (χ1n) is 7.31. The van der Waals surface area contributed by atoms with Crippen LogP contribution in [0.3, 0.4) is 0 Å². The van der Waals surface area contributed by atoms with Crippen molar-refractivity contribution in [3.05, 3.63) is 50.1 Å². The van der Waals surface area contributed by atoms with Crippen LogP contribution in [0.25, 0.3) is 0 Å². The molecule has 132 valence electrons. The third kappa shape index (κ3) is 6.64. The highest BCUT2D eigenvalue weighted by atomic mass is 127. The zero-order valence-corrected chi connectivity index (χ0v) is 18.5. The minimum absolute atomic E-state index is 0. The monoisotopic (exact) mass is 526 g/mol. The lowest BCUT2D eigenvalue weighted by Gasteiger charge is -2.11. The Kier molecular flexibility index (Phi) is 9.14. The lowest BCUT2D eigenvalue weighted by molar-refractivity contribution is 0.623. The molecule has 4 nitrogen and oxygen atoms in total. The van der Waals surface area contributed by atoms with Gasteiger partial charge in [0.1, 0.15) is 10.8 Å². The number of nitrogens with zero attached hydrogens (tertiary/aromatic N) is 2. The van der Waals surface area contributed by atoms with Gasteiger partial charge in [-0.25, -0.2) is 9.37 Å². The fraction of sp³-hybridized carbons (Fsp3) is 0.375. The Bertz CT molecular complexity index is 670. The second kappa shape index (κ2) is 10.3. The number of aromatic nitrogens is 1. The van der Waals surface area contributed by atoms with E-state index in [1.165, 1.54) is 12.1 Å². The lowest BCUT2D eigenvalue weighted by Crippen LogP contribution is -2.36. The summed E-state index contributed by atoms with van der Waals surface area (Å²) in [5.74, 6) is 0.832. The van der Waals surface area contributed by atoms with E-state index < -0.39 is 0 Å². The summed E-state index contributed by atoms with van der Waals surface area (Å²) < 4.78 is 14.1. The highest BCUT2D eigenvalue weighted by molar-refractivity contribution is 14.0. The Labute approximate surface area is 171 Å².